The standard InChI is InChI=1S/C14H27FO2S/c1-3-5-9-13(14(16)17-11-4-2)18-12-8-6-7-10-15/h13H,3-12H2,1-2H3. The zero-order valence-electron chi connectivity index (χ0n) is 11.8. The van der Waals surface area contributed by atoms with E-state index in [1.807, 2.05) is 6.92 Å². The number of thioether (sulfide) groups is 1. The molecule has 0 fully saturated rings. The normalized spacial score (nSPS) is 12.4. The molecule has 4 heteroatoms. The van der Waals surface area contributed by atoms with E-state index in [-0.39, 0.29) is 17.9 Å². The molecule has 0 rings (SSSR count). The van der Waals surface area contributed by atoms with Crippen molar-refractivity contribution < 1.29 is 13.9 Å². The second-order valence-corrected chi connectivity index (χ2v) is 5.73. The van der Waals surface area contributed by atoms with Gasteiger partial charge in [-0.3, -0.25) is 9.18 Å². The second kappa shape index (κ2) is 13.2. The molecular formula is C14H27FO2S. The molecular weight excluding hydrogens is 251 g/mol. The number of rotatable bonds is 12. The molecule has 1 unspecified atom stereocenters. The first-order valence-electron chi connectivity index (χ1n) is 7.10. The monoisotopic (exact) mass is 278 g/mol. The summed E-state index contributed by atoms with van der Waals surface area (Å²) in [5.41, 5.74) is 0. The fourth-order valence-corrected chi connectivity index (χ4v) is 2.75. The molecule has 0 radical (unpaired) electrons. The van der Waals surface area contributed by atoms with Gasteiger partial charge in [0.25, 0.3) is 0 Å². The number of alkyl halides is 1. The molecule has 0 aromatic carbocycles. The Hall–Kier alpha value is -0.250. The van der Waals surface area contributed by atoms with Gasteiger partial charge in [0.05, 0.1) is 13.3 Å². The van der Waals surface area contributed by atoms with Crippen LogP contribution in [0.15, 0.2) is 0 Å². The van der Waals surface area contributed by atoms with Gasteiger partial charge in [0.2, 0.25) is 0 Å². The summed E-state index contributed by atoms with van der Waals surface area (Å²) in [6, 6.07) is 0. The minimum absolute atomic E-state index is 0.0260. The van der Waals surface area contributed by atoms with Crippen molar-refractivity contribution in [1.82, 2.24) is 0 Å². The smallest absolute Gasteiger partial charge is 0.319 e. The van der Waals surface area contributed by atoms with E-state index in [1.54, 1.807) is 11.8 Å². The van der Waals surface area contributed by atoms with E-state index in [9.17, 15) is 9.18 Å². The Morgan fingerprint density at radius 2 is 1.94 bits per heavy atom. The molecule has 0 saturated heterocycles. The van der Waals surface area contributed by atoms with Crippen LogP contribution in [-0.2, 0) is 9.53 Å². The maximum absolute atomic E-state index is 11.9. The Morgan fingerprint density at radius 3 is 2.56 bits per heavy atom. The van der Waals surface area contributed by atoms with Gasteiger partial charge in [0.15, 0.2) is 0 Å². The Bertz CT molecular complexity index is 200. The molecule has 0 spiro atoms. The highest BCUT2D eigenvalue weighted by Gasteiger charge is 2.19. The number of ether oxygens (including phenoxy) is 1. The molecule has 18 heavy (non-hydrogen) atoms. The molecule has 108 valence electrons. The highest BCUT2D eigenvalue weighted by atomic mass is 32.2. The second-order valence-electron chi connectivity index (χ2n) is 4.42. The summed E-state index contributed by atoms with van der Waals surface area (Å²) in [4.78, 5) is 11.8. The van der Waals surface area contributed by atoms with Gasteiger partial charge in [-0.25, -0.2) is 0 Å². The van der Waals surface area contributed by atoms with Crippen molar-refractivity contribution in [2.45, 2.75) is 64.0 Å². The van der Waals surface area contributed by atoms with Crippen molar-refractivity contribution in [1.29, 1.82) is 0 Å². The van der Waals surface area contributed by atoms with Crippen LogP contribution in [0.1, 0.15) is 58.8 Å². The van der Waals surface area contributed by atoms with Crippen molar-refractivity contribution in [3.63, 3.8) is 0 Å². The SMILES string of the molecule is CCCCC(SCCCCCF)C(=O)OCCC. The van der Waals surface area contributed by atoms with Gasteiger partial charge in [0, 0.05) is 0 Å². The van der Waals surface area contributed by atoms with E-state index in [1.165, 1.54) is 0 Å². The quantitative estimate of drug-likeness (QED) is 0.391. The molecule has 0 aromatic rings. The Kier molecular flexibility index (Phi) is 13.0. The van der Waals surface area contributed by atoms with E-state index >= 15 is 0 Å². The van der Waals surface area contributed by atoms with Gasteiger partial charge in [-0.15, -0.1) is 11.8 Å². The lowest BCUT2D eigenvalue weighted by atomic mass is 10.2. The third-order valence-corrected chi connectivity index (χ3v) is 3.98. The third kappa shape index (κ3) is 9.75. The van der Waals surface area contributed by atoms with E-state index < -0.39 is 0 Å². The maximum Gasteiger partial charge on any atom is 0.319 e. The highest BCUT2D eigenvalue weighted by molar-refractivity contribution is 8.00. The van der Waals surface area contributed by atoms with Crippen molar-refractivity contribution in [2.75, 3.05) is 19.0 Å². The van der Waals surface area contributed by atoms with Crippen LogP contribution in [-0.4, -0.2) is 30.3 Å². The fraction of sp³-hybridized carbons (Fsp3) is 0.929. The van der Waals surface area contributed by atoms with Crippen LogP contribution >= 0.6 is 11.8 Å². The van der Waals surface area contributed by atoms with Crippen LogP contribution in [0.4, 0.5) is 4.39 Å². The first-order chi connectivity index (χ1) is 8.76. The van der Waals surface area contributed by atoms with E-state index in [2.05, 4.69) is 6.92 Å². The van der Waals surface area contributed by atoms with Gasteiger partial charge < -0.3 is 4.74 Å². The minimum Gasteiger partial charge on any atom is -0.465 e. The summed E-state index contributed by atoms with van der Waals surface area (Å²) < 4.78 is 17.1. The molecule has 2 nitrogen and oxygen atoms in total. The van der Waals surface area contributed by atoms with Gasteiger partial charge in [-0.05, 0) is 31.4 Å². The zero-order chi connectivity index (χ0) is 13.6. The van der Waals surface area contributed by atoms with Crippen LogP contribution in [0.2, 0.25) is 0 Å². The lowest BCUT2D eigenvalue weighted by Gasteiger charge is -2.15. The summed E-state index contributed by atoms with van der Waals surface area (Å²) in [5, 5.41) is -0.0260. The van der Waals surface area contributed by atoms with Crippen LogP contribution < -0.4 is 0 Å². The molecule has 1 atom stereocenters. The van der Waals surface area contributed by atoms with Crippen LogP contribution in [0.3, 0.4) is 0 Å². The van der Waals surface area contributed by atoms with Gasteiger partial charge in [-0.1, -0.05) is 33.1 Å². The van der Waals surface area contributed by atoms with E-state index in [0.717, 1.165) is 44.3 Å². The molecule has 0 aliphatic heterocycles. The molecule has 0 amide bonds. The number of hydrogen-bond acceptors (Lipinski definition) is 3. The summed E-state index contributed by atoms with van der Waals surface area (Å²) in [6.07, 6.45) is 6.45. The summed E-state index contributed by atoms with van der Waals surface area (Å²) in [5.74, 6) is 0.857. The summed E-state index contributed by atoms with van der Waals surface area (Å²) in [6.45, 7) is 4.41. The Balaban J connectivity index is 3.86. The molecule has 0 heterocycles. The molecule has 0 bridgehead atoms. The molecule has 0 aliphatic carbocycles. The average Bonchev–Trinajstić information content (AvgIpc) is 2.39. The van der Waals surface area contributed by atoms with Crippen LogP contribution in [0.25, 0.3) is 0 Å². The highest BCUT2D eigenvalue weighted by Crippen LogP contribution is 2.21. The van der Waals surface area contributed by atoms with Gasteiger partial charge >= 0.3 is 5.97 Å². The molecule has 0 saturated carbocycles. The van der Waals surface area contributed by atoms with Crippen LogP contribution in [0, 0.1) is 0 Å². The number of esters is 1. The van der Waals surface area contributed by atoms with Crippen molar-refractivity contribution in [3.8, 4) is 0 Å². The Labute approximate surface area is 115 Å². The molecule has 0 N–H and O–H groups in total. The number of unbranched alkanes of at least 4 members (excludes halogenated alkanes) is 3. The van der Waals surface area contributed by atoms with Crippen LogP contribution in [0.5, 0.6) is 0 Å². The van der Waals surface area contributed by atoms with Crippen molar-refractivity contribution in [2.24, 2.45) is 0 Å². The summed E-state index contributed by atoms with van der Waals surface area (Å²) >= 11 is 1.67. The third-order valence-electron chi connectivity index (χ3n) is 2.63. The summed E-state index contributed by atoms with van der Waals surface area (Å²) in [7, 11) is 0. The number of carbonyl (C=O) groups excluding carboxylic acids is 1. The lowest BCUT2D eigenvalue weighted by molar-refractivity contribution is -0.143. The number of halogens is 1. The lowest BCUT2D eigenvalue weighted by Crippen LogP contribution is -2.21. The first-order valence-corrected chi connectivity index (χ1v) is 8.15. The van der Waals surface area contributed by atoms with Crippen molar-refractivity contribution in [3.05, 3.63) is 0 Å². The van der Waals surface area contributed by atoms with Crippen molar-refractivity contribution >= 4 is 17.7 Å². The van der Waals surface area contributed by atoms with Gasteiger partial charge in [0.1, 0.15) is 5.25 Å². The predicted molar refractivity (Wildman–Crippen MR) is 76.8 cm³/mol. The molecule has 0 aliphatic rings. The van der Waals surface area contributed by atoms with E-state index in [0.29, 0.717) is 13.0 Å². The first kappa shape index (κ1) is 17.8. The van der Waals surface area contributed by atoms with Gasteiger partial charge in [-0.2, -0.15) is 0 Å². The maximum atomic E-state index is 11.9. The fourth-order valence-electron chi connectivity index (χ4n) is 1.55. The predicted octanol–water partition coefficient (Wildman–Crippen LogP) is 4.37. The number of carbonyl (C=O) groups is 1. The largest absolute Gasteiger partial charge is 0.465 e. The zero-order valence-corrected chi connectivity index (χ0v) is 12.6. The number of hydrogen-bond donors (Lipinski definition) is 0. The van der Waals surface area contributed by atoms with E-state index in [4.69, 9.17) is 4.74 Å². The molecule has 0 aromatic heterocycles. The Morgan fingerprint density at radius 1 is 1.17 bits per heavy atom. The topological polar surface area (TPSA) is 26.3 Å². The minimum atomic E-state index is -0.234. The average molecular weight is 278 g/mol.